The van der Waals surface area contributed by atoms with Gasteiger partial charge in [0.1, 0.15) is 11.6 Å². The Hall–Kier alpha value is -2.30. The first-order valence-corrected chi connectivity index (χ1v) is 8.53. The Balaban J connectivity index is 1.67. The van der Waals surface area contributed by atoms with Gasteiger partial charge in [0.25, 0.3) is 11.8 Å². The maximum Gasteiger partial charge on any atom is 0.261 e. The van der Waals surface area contributed by atoms with E-state index in [0.29, 0.717) is 49.8 Å². The van der Waals surface area contributed by atoms with E-state index < -0.39 is 0 Å². The summed E-state index contributed by atoms with van der Waals surface area (Å²) in [6.45, 7) is 2.18. The number of ketones is 2. The molecule has 1 heterocycles. The van der Waals surface area contributed by atoms with E-state index in [0.717, 1.165) is 12.8 Å². The number of carbonyl (C=O) groups is 4. The van der Waals surface area contributed by atoms with Crippen molar-refractivity contribution in [2.45, 2.75) is 51.9 Å². The Labute approximate surface area is 142 Å². The molecule has 0 unspecified atom stereocenters. The summed E-state index contributed by atoms with van der Waals surface area (Å²) in [5.41, 5.74) is 0.941. The van der Waals surface area contributed by atoms with Gasteiger partial charge in [-0.2, -0.15) is 0 Å². The maximum absolute atomic E-state index is 12.2. The third kappa shape index (κ3) is 4.37. The second kappa shape index (κ2) is 8.52. The predicted molar refractivity (Wildman–Crippen MR) is 89.8 cm³/mol. The predicted octanol–water partition coefficient (Wildman–Crippen LogP) is 3.17. The molecule has 0 atom stereocenters. The smallest absolute Gasteiger partial charge is 0.261 e. The summed E-state index contributed by atoms with van der Waals surface area (Å²) in [7, 11) is 0. The Morgan fingerprint density at radius 1 is 0.833 bits per heavy atom. The number of carbonyl (C=O) groups excluding carboxylic acids is 4. The summed E-state index contributed by atoms with van der Waals surface area (Å²) in [6.07, 6.45) is 3.79. The van der Waals surface area contributed by atoms with Crippen LogP contribution in [0.3, 0.4) is 0 Å². The van der Waals surface area contributed by atoms with Gasteiger partial charge in [0.15, 0.2) is 0 Å². The molecule has 128 valence electrons. The van der Waals surface area contributed by atoms with Crippen molar-refractivity contribution in [1.82, 2.24) is 4.90 Å². The highest BCUT2D eigenvalue weighted by molar-refractivity contribution is 6.21. The molecule has 0 radical (unpaired) electrons. The number of unbranched alkanes of at least 4 members (excludes halogenated alkanes) is 2. The largest absolute Gasteiger partial charge is 0.300 e. The zero-order valence-electron chi connectivity index (χ0n) is 14.0. The minimum Gasteiger partial charge on any atom is -0.300 e. The Kier molecular flexibility index (Phi) is 6.41. The molecule has 1 aliphatic rings. The van der Waals surface area contributed by atoms with Gasteiger partial charge < -0.3 is 0 Å². The highest BCUT2D eigenvalue weighted by atomic mass is 16.2. The van der Waals surface area contributed by atoms with Crippen LogP contribution in [0.4, 0.5) is 0 Å². The molecule has 0 saturated heterocycles. The first-order valence-electron chi connectivity index (χ1n) is 8.53. The van der Waals surface area contributed by atoms with Crippen LogP contribution < -0.4 is 0 Å². The lowest BCUT2D eigenvalue weighted by atomic mass is 10.1. The SMILES string of the molecule is CCC(=O)CCC(=O)CCCCCN1C(=O)c2ccccc2C1=O. The van der Waals surface area contributed by atoms with Gasteiger partial charge >= 0.3 is 0 Å². The summed E-state index contributed by atoms with van der Waals surface area (Å²) in [5, 5.41) is 0. The molecule has 2 amide bonds. The van der Waals surface area contributed by atoms with Gasteiger partial charge in [-0.3, -0.25) is 24.1 Å². The number of rotatable bonds is 10. The summed E-state index contributed by atoms with van der Waals surface area (Å²) < 4.78 is 0. The molecule has 24 heavy (non-hydrogen) atoms. The van der Waals surface area contributed by atoms with Crippen LogP contribution in [-0.4, -0.2) is 34.8 Å². The number of fused-ring (bicyclic) bond motifs is 1. The first-order chi connectivity index (χ1) is 11.5. The molecule has 1 aliphatic heterocycles. The molecular formula is C19H23NO4. The van der Waals surface area contributed by atoms with E-state index >= 15 is 0 Å². The van der Waals surface area contributed by atoms with E-state index in [2.05, 4.69) is 0 Å². The minimum absolute atomic E-state index is 0.109. The third-order valence-corrected chi connectivity index (χ3v) is 4.29. The molecular weight excluding hydrogens is 306 g/mol. The van der Waals surface area contributed by atoms with Crippen LogP contribution in [0.1, 0.15) is 72.6 Å². The zero-order chi connectivity index (χ0) is 17.5. The molecule has 0 bridgehead atoms. The molecule has 1 aromatic rings. The number of nitrogens with zero attached hydrogens (tertiary/aromatic N) is 1. The summed E-state index contributed by atoms with van der Waals surface area (Å²) in [5.74, 6) is -0.235. The third-order valence-electron chi connectivity index (χ3n) is 4.29. The fraction of sp³-hybridized carbons (Fsp3) is 0.474. The van der Waals surface area contributed by atoms with Gasteiger partial charge in [0.05, 0.1) is 11.1 Å². The Bertz CT molecular complexity index is 616. The van der Waals surface area contributed by atoms with Gasteiger partial charge in [0.2, 0.25) is 0 Å². The second-order valence-electron chi connectivity index (χ2n) is 6.05. The van der Waals surface area contributed by atoms with E-state index in [4.69, 9.17) is 0 Å². The highest BCUT2D eigenvalue weighted by Gasteiger charge is 2.34. The summed E-state index contributed by atoms with van der Waals surface area (Å²) in [4.78, 5) is 48.5. The molecule has 1 aromatic carbocycles. The van der Waals surface area contributed by atoms with Crippen molar-refractivity contribution >= 4 is 23.4 Å². The van der Waals surface area contributed by atoms with Crippen molar-refractivity contribution in [2.75, 3.05) is 6.54 Å². The van der Waals surface area contributed by atoms with E-state index in [1.807, 2.05) is 0 Å². The molecule has 0 N–H and O–H groups in total. The van der Waals surface area contributed by atoms with Crippen molar-refractivity contribution in [2.24, 2.45) is 0 Å². The van der Waals surface area contributed by atoms with Crippen LogP contribution in [0.2, 0.25) is 0 Å². The quantitative estimate of drug-likeness (QED) is 0.488. The molecule has 0 saturated carbocycles. The highest BCUT2D eigenvalue weighted by Crippen LogP contribution is 2.22. The van der Waals surface area contributed by atoms with Crippen LogP contribution >= 0.6 is 0 Å². The number of imide groups is 1. The first kappa shape index (κ1) is 18.0. The lowest BCUT2D eigenvalue weighted by Crippen LogP contribution is -2.30. The topological polar surface area (TPSA) is 71.5 Å². The minimum atomic E-state index is -0.232. The average molecular weight is 329 g/mol. The van der Waals surface area contributed by atoms with Crippen LogP contribution in [0.25, 0.3) is 0 Å². The fourth-order valence-corrected chi connectivity index (χ4v) is 2.79. The lowest BCUT2D eigenvalue weighted by molar-refractivity contribution is -0.124. The number of benzene rings is 1. The summed E-state index contributed by atoms with van der Waals surface area (Å²) >= 11 is 0. The number of hydrogen-bond donors (Lipinski definition) is 0. The maximum atomic E-state index is 12.2. The average Bonchev–Trinajstić information content (AvgIpc) is 2.84. The van der Waals surface area contributed by atoms with E-state index in [9.17, 15) is 19.2 Å². The van der Waals surface area contributed by atoms with Gasteiger partial charge in [-0.15, -0.1) is 0 Å². The zero-order valence-corrected chi connectivity index (χ0v) is 14.0. The Morgan fingerprint density at radius 2 is 1.42 bits per heavy atom. The van der Waals surface area contributed by atoms with Crippen LogP contribution in [0.15, 0.2) is 24.3 Å². The molecule has 0 aromatic heterocycles. The van der Waals surface area contributed by atoms with Crippen molar-refractivity contribution in [1.29, 1.82) is 0 Å². The van der Waals surface area contributed by atoms with Crippen LogP contribution in [0, 0.1) is 0 Å². The van der Waals surface area contributed by atoms with Crippen LogP contribution in [0.5, 0.6) is 0 Å². The fourth-order valence-electron chi connectivity index (χ4n) is 2.79. The molecule has 0 fully saturated rings. The normalized spacial score (nSPS) is 13.3. The molecule has 5 heteroatoms. The van der Waals surface area contributed by atoms with Crippen molar-refractivity contribution < 1.29 is 19.2 Å². The van der Waals surface area contributed by atoms with Crippen molar-refractivity contribution in [3.8, 4) is 0 Å². The number of amides is 2. The number of hydrogen-bond acceptors (Lipinski definition) is 4. The van der Waals surface area contributed by atoms with Crippen molar-refractivity contribution in [3.63, 3.8) is 0 Å². The Morgan fingerprint density at radius 3 is 2.00 bits per heavy atom. The van der Waals surface area contributed by atoms with Gasteiger partial charge in [-0.05, 0) is 25.0 Å². The summed E-state index contributed by atoms with van der Waals surface area (Å²) in [6, 6.07) is 6.85. The second-order valence-corrected chi connectivity index (χ2v) is 6.05. The van der Waals surface area contributed by atoms with E-state index in [-0.39, 0.29) is 23.4 Å². The van der Waals surface area contributed by atoms with Gasteiger partial charge in [-0.1, -0.05) is 25.5 Å². The van der Waals surface area contributed by atoms with Crippen molar-refractivity contribution in [3.05, 3.63) is 35.4 Å². The number of Topliss-reactive ketones (excluding diaryl/α,β-unsaturated/α-hetero) is 2. The van der Waals surface area contributed by atoms with E-state index in [1.54, 1.807) is 31.2 Å². The molecule has 0 aliphatic carbocycles. The molecule has 5 nitrogen and oxygen atoms in total. The molecule has 0 spiro atoms. The van der Waals surface area contributed by atoms with Gasteiger partial charge in [0, 0.05) is 32.2 Å². The molecule has 2 rings (SSSR count). The van der Waals surface area contributed by atoms with E-state index in [1.165, 1.54) is 4.90 Å². The van der Waals surface area contributed by atoms with Gasteiger partial charge in [-0.25, -0.2) is 0 Å². The van der Waals surface area contributed by atoms with Crippen LogP contribution in [-0.2, 0) is 9.59 Å². The monoisotopic (exact) mass is 329 g/mol. The standard InChI is InChI=1S/C19H23NO4/c1-2-14(21)11-12-15(22)8-4-3-7-13-20-18(23)16-9-5-6-10-17(16)19(20)24/h5-6,9-10H,2-4,7-8,11-13H2,1H3. The lowest BCUT2D eigenvalue weighted by Gasteiger charge is -2.13.